The van der Waals surface area contributed by atoms with Crippen LogP contribution in [-0.2, 0) is 0 Å². The Labute approximate surface area is 128 Å². The van der Waals surface area contributed by atoms with E-state index < -0.39 is 10.2 Å². The molecule has 1 heterocycles. The first-order valence-electron chi connectivity index (χ1n) is 5.65. The van der Waals surface area contributed by atoms with Crippen molar-refractivity contribution in [2.75, 3.05) is 12.4 Å². The lowest BCUT2D eigenvalue weighted by molar-refractivity contribution is -2.00. The van der Waals surface area contributed by atoms with Crippen molar-refractivity contribution < 1.29 is 33.6 Å². The highest BCUT2D eigenvalue weighted by molar-refractivity contribution is 6.28. The number of nitrogens with one attached hydrogen (secondary N) is 1. The Bertz CT molecular complexity index is 582. The summed E-state index contributed by atoms with van der Waals surface area (Å²) in [6.45, 7) is 2.05. The van der Waals surface area contributed by atoms with Gasteiger partial charge in [0.25, 0.3) is 0 Å². The van der Waals surface area contributed by atoms with Crippen LogP contribution in [0, 0.1) is 17.2 Å². The molecule has 114 valence electrons. The molecule has 0 bridgehead atoms. The van der Waals surface area contributed by atoms with Gasteiger partial charge < -0.3 is 5.32 Å². The molecule has 0 radical (unpaired) electrons. The minimum Gasteiger partial charge on any atom is -0.386 e. The molecular formula is C12H13Cl2N3O4. The zero-order valence-corrected chi connectivity index (χ0v) is 12.8. The summed E-state index contributed by atoms with van der Waals surface area (Å²) in [5, 5.41) is 7.85. The first-order valence-corrected chi connectivity index (χ1v) is 7.26. The Kier molecular flexibility index (Phi) is 6.28. The van der Waals surface area contributed by atoms with Crippen LogP contribution in [0.4, 0.5) is 5.69 Å². The van der Waals surface area contributed by atoms with Crippen molar-refractivity contribution in [2.45, 2.75) is 6.92 Å². The van der Waals surface area contributed by atoms with Gasteiger partial charge in [0.2, 0.25) is 5.69 Å². The van der Waals surface area contributed by atoms with Gasteiger partial charge in [-0.15, -0.1) is 10.2 Å². The van der Waals surface area contributed by atoms with Crippen molar-refractivity contribution in [3.63, 3.8) is 0 Å². The third kappa shape index (κ3) is 6.67. The molecule has 9 heteroatoms. The molecule has 0 unspecified atom stereocenters. The van der Waals surface area contributed by atoms with Crippen molar-refractivity contribution >= 4 is 17.3 Å². The second-order valence-electron chi connectivity index (χ2n) is 3.94. The minimum absolute atomic E-state index is 0.579. The van der Waals surface area contributed by atoms with Gasteiger partial charge in [-0.3, -0.25) is 0 Å². The summed E-state index contributed by atoms with van der Waals surface area (Å²) < 4.78 is 35.7. The molecule has 0 fully saturated rings. The molecule has 0 atom stereocenters. The van der Waals surface area contributed by atoms with Gasteiger partial charge in [0.15, 0.2) is 0 Å². The van der Waals surface area contributed by atoms with Crippen molar-refractivity contribution in [1.29, 1.82) is 0 Å². The number of rotatable bonds is 2. The summed E-state index contributed by atoms with van der Waals surface area (Å²) in [5.74, 6) is 0. The van der Waals surface area contributed by atoms with Crippen LogP contribution in [0.2, 0.25) is 5.15 Å². The van der Waals surface area contributed by atoms with Crippen LogP contribution in [0.1, 0.15) is 5.56 Å². The van der Waals surface area contributed by atoms with Gasteiger partial charge >= 0.3 is 5.15 Å². The molecule has 1 N–H and O–H groups in total. The Morgan fingerprint density at radius 3 is 2.10 bits per heavy atom. The Hall–Kier alpha value is -1.48. The van der Waals surface area contributed by atoms with Crippen LogP contribution in [0.5, 0.6) is 0 Å². The second kappa shape index (κ2) is 7.51. The number of hydrogen-bond donors (Lipinski definition) is 1. The van der Waals surface area contributed by atoms with Crippen LogP contribution < -0.4 is 28.6 Å². The molecule has 0 saturated carbocycles. The smallest absolute Gasteiger partial charge is 0.309 e. The van der Waals surface area contributed by atoms with Crippen molar-refractivity contribution in [3.8, 4) is 5.69 Å². The summed E-state index contributed by atoms with van der Waals surface area (Å²) >= 11 is 6.14. The van der Waals surface area contributed by atoms with Crippen LogP contribution >= 0.6 is 11.6 Å². The van der Waals surface area contributed by atoms with E-state index in [-0.39, 0.29) is 0 Å². The molecule has 0 aliphatic carbocycles. The Morgan fingerprint density at radius 2 is 1.67 bits per heavy atom. The van der Waals surface area contributed by atoms with Gasteiger partial charge in [0.05, 0.1) is 11.8 Å². The molecule has 2 aromatic rings. The standard InChI is InChI=1S/C12H12ClN3.ClHO4/c1-9-3-5-11(6-4-9)16-12(13)7-10(14-2)8-15-16;2-1(3,4)5/h3-8H,1-2H3;(H,2,3,4,5). The highest BCUT2D eigenvalue weighted by Crippen LogP contribution is 2.11. The predicted molar refractivity (Wildman–Crippen MR) is 65.1 cm³/mol. The fraction of sp³-hybridized carbons (Fsp3) is 0.167. The third-order valence-corrected chi connectivity index (χ3v) is 2.63. The molecule has 7 nitrogen and oxygen atoms in total. The molecule has 1 aromatic heterocycles. The van der Waals surface area contributed by atoms with E-state index in [4.69, 9.17) is 30.2 Å². The van der Waals surface area contributed by atoms with Gasteiger partial charge in [-0.05, 0) is 23.2 Å². The van der Waals surface area contributed by atoms with E-state index in [0.29, 0.717) is 5.15 Å². The molecule has 21 heavy (non-hydrogen) atoms. The van der Waals surface area contributed by atoms with Crippen LogP contribution in [0.3, 0.4) is 0 Å². The molecule has 0 amide bonds. The maximum Gasteiger partial charge on any atom is 0.309 e. The average Bonchev–Trinajstić information content (AvgIpc) is 2.38. The fourth-order valence-electron chi connectivity index (χ4n) is 1.41. The number of anilines is 1. The molecule has 0 aliphatic heterocycles. The number of hydrogen-bond acceptors (Lipinski definition) is 6. The van der Waals surface area contributed by atoms with Crippen LogP contribution in [-0.4, -0.2) is 12.1 Å². The van der Waals surface area contributed by atoms with E-state index in [1.54, 1.807) is 10.9 Å². The predicted octanol–water partition coefficient (Wildman–Crippen LogP) is -2.39. The van der Waals surface area contributed by atoms with Gasteiger partial charge in [0, 0.05) is 24.3 Å². The van der Waals surface area contributed by atoms with E-state index in [2.05, 4.69) is 10.4 Å². The van der Waals surface area contributed by atoms with E-state index in [1.165, 1.54) is 5.56 Å². The average molecular weight is 334 g/mol. The largest absolute Gasteiger partial charge is 0.386 e. The SMILES string of the molecule is CNc1cn[n+](-c2ccc(C)cc2)c(Cl)c1.[O-][Cl+3]([O-])([O-])[O-]. The van der Waals surface area contributed by atoms with E-state index in [9.17, 15) is 0 Å². The molecular weight excluding hydrogens is 321 g/mol. The maximum absolute atomic E-state index is 8.49. The fourth-order valence-corrected chi connectivity index (χ4v) is 1.67. The van der Waals surface area contributed by atoms with E-state index in [1.807, 2.05) is 44.3 Å². The van der Waals surface area contributed by atoms with Gasteiger partial charge in [-0.1, -0.05) is 17.7 Å². The number of nitrogens with zero attached hydrogens (tertiary/aromatic N) is 2. The molecule has 0 saturated heterocycles. The zero-order valence-electron chi connectivity index (χ0n) is 11.2. The van der Waals surface area contributed by atoms with Gasteiger partial charge in [-0.2, -0.15) is 0 Å². The molecule has 0 spiro atoms. The van der Waals surface area contributed by atoms with Gasteiger partial charge in [0.1, 0.15) is 6.20 Å². The van der Waals surface area contributed by atoms with Gasteiger partial charge in [-0.25, -0.2) is 18.6 Å². The number of halogens is 2. The summed E-state index contributed by atoms with van der Waals surface area (Å²) in [4.78, 5) is 0. The lowest BCUT2D eigenvalue weighted by Crippen LogP contribution is -2.68. The van der Waals surface area contributed by atoms with Crippen molar-refractivity contribution in [3.05, 3.63) is 47.2 Å². The number of aromatic nitrogens is 2. The zero-order chi connectivity index (χ0) is 16.0. The summed E-state index contributed by atoms with van der Waals surface area (Å²) in [5.41, 5.74) is 3.07. The Balaban J connectivity index is 0.000000383. The second-order valence-corrected chi connectivity index (χ2v) is 5.09. The van der Waals surface area contributed by atoms with E-state index >= 15 is 0 Å². The monoisotopic (exact) mass is 333 g/mol. The number of aryl methyl sites for hydroxylation is 1. The normalized spacial score (nSPS) is 10.6. The maximum atomic E-state index is 8.49. The summed E-state index contributed by atoms with van der Waals surface area (Å²) in [6, 6.07) is 9.90. The molecule has 1 aromatic carbocycles. The molecule has 2 rings (SSSR count). The Morgan fingerprint density at radius 1 is 1.14 bits per heavy atom. The summed E-state index contributed by atoms with van der Waals surface area (Å²) in [6.07, 6.45) is 1.74. The first kappa shape index (κ1) is 17.6. The number of benzene rings is 1. The quantitative estimate of drug-likeness (QED) is 0.612. The highest BCUT2D eigenvalue weighted by atomic mass is 35.7. The minimum atomic E-state index is -4.94. The third-order valence-electron chi connectivity index (χ3n) is 2.36. The lowest BCUT2D eigenvalue weighted by atomic mass is 10.2. The van der Waals surface area contributed by atoms with E-state index in [0.717, 1.165) is 11.4 Å². The summed E-state index contributed by atoms with van der Waals surface area (Å²) in [7, 11) is -3.11. The van der Waals surface area contributed by atoms with Crippen LogP contribution in [0.15, 0.2) is 36.5 Å². The van der Waals surface area contributed by atoms with Crippen LogP contribution in [0.25, 0.3) is 5.69 Å². The molecule has 0 aliphatic rings. The first-order chi connectivity index (χ1) is 9.70. The highest BCUT2D eigenvalue weighted by Gasteiger charge is 2.14. The lowest BCUT2D eigenvalue weighted by Gasteiger charge is -2.17. The van der Waals surface area contributed by atoms with Crippen molar-refractivity contribution in [1.82, 2.24) is 5.10 Å². The topological polar surface area (TPSA) is 121 Å². The van der Waals surface area contributed by atoms with Crippen molar-refractivity contribution in [2.24, 2.45) is 0 Å².